The van der Waals surface area contributed by atoms with E-state index in [1.165, 1.54) is 55.4 Å². The number of nitrogens with one attached hydrogen (secondary N) is 9. The molecular formula is C57H81ClN16O13. The molecule has 1 fully saturated rings. The summed E-state index contributed by atoms with van der Waals surface area (Å²) in [5.74, 6) is -8.77. The lowest BCUT2D eigenvalue weighted by Gasteiger charge is -2.31. The summed E-state index contributed by atoms with van der Waals surface area (Å²) in [6.45, 7) is 5.23. The van der Waals surface area contributed by atoms with Crippen molar-refractivity contribution < 1.29 is 63.0 Å². The van der Waals surface area contributed by atoms with Crippen LogP contribution >= 0.6 is 11.6 Å². The van der Waals surface area contributed by atoms with Gasteiger partial charge in [-0.25, -0.2) is 4.79 Å². The van der Waals surface area contributed by atoms with Crippen molar-refractivity contribution in [2.45, 2.75) is 146 Å². The molecule has 19 N–H and O–H groups in total. The van der Waals surface area contributed by atoms with Gasteiger partial charge in [0, 0.05) is 63.2 Å². The largest absolute Gasteiger partial charge is 0.508 e. The smallest absolute Gasteiger partial charge is 0.312 e. The number of phenols is 1. The van der Waals surface area contributed by atoms with Crippen molar-refractivity contribution >= 4 is 82.7 Å². The molecule has 2 heterocycles. The van der Waals surface area contributed by atoms with Gasteiger partial charge >= 0.3 is 6.03 Å². The summed E-state index contributed by atoms with van der Waals surface area (Å²) in [5, 5.41) is 44.4. The van der Waals surface area contributed by atoms with Crippen LogP contribution in [0.1, 0.15) is 89.3 Å². The third-order valence-electron chi connectivity index (χ3n) is 13.8. The Hall–Kier alpha value is -9.12. The van der Waals surface area contributed by atoms with Gasteiger partial charge in [0.25, 0.3) is 0 Å². The van der Waals surface area contributed by atoms with E-state index < -0.39 is 126 Å². The Morgan fingerprint density at radius 2 is 1.15 bits per heavy atom. The van der Waals surface area contributed by atoms with E-state index in [0.717, 1.165) is 0 Å². The third-order valence-corrected chi connectivity index (χ3v) is 14.0. The number of aliphatic imine (C=N–C) groups is 1. The number of benzene rings is 2. The number of nitrogens with two attached hydrogens (primary N) is 4. The molecule has 29 nitrogen and oxygen atoms in total. The highest BCUT2D eigenvalue weighted by molar-refractivity contribution is 6.30. The average molecular weight is 1230 g/mol. The zero-order chi connectivity index (χ0) is 64.3. The molecular weight excluding hydrogens is 1150 g/mol. The summed E-state index contributed by atoms with van der Waals surface area (Å²) in [5.41, 5.74) is 23.2. The highest BCUT2D eigenvalue weighted by Crippen LogP contribution is 2.21. The van der Waals surface area contributed by atoms with E-state index >= 15 is 0 Å². The van der Waals surface area contributed by atoms with Crippen LogP contribution in [0.3, 0.4) is 0 Å². The quantitative estimate of drug-likeness (QED) is 0.0166. The molecule has 4 rings (SSSR count). The van der Waals surface area contributed by atoms with E-state index in [9.17, 15) is 63.0 Å². The predicted octanol–water partition coefficient (Wildman–Crippen LogP) is -2.60. The SMILES string of the molecule is CC(=O)N[C@H](Cc1ccc(Cl)cc1)C(=O)N[C@H](Cc1cccnc1)C(=O)N[C@@H](CO)C(=O)N[C@@H](Cc1ccc(O)cc1)C(=O)N[C@H](CCCNC(N)=O)C(=O)N[C@@H](CC(C)C)C(=O)N[C@@H](CCCN=C(N)N)C(=O)N1CCC[C@H]1C(=O)N[C@H](C)C(N)=O. The Labute approximate surface area is 508 Å². The van der Waals surface area contributed by atoms with Crippen molar-refractivity contribution in [3.63, 3.8) is 0 Å². The number of hydrogen-bond acceptors (Lipinski definition) is 15. The molecule has 87 heavy (non-hydrogen) atoms. The topological polar surface area (TPSA) is 469 Å². The number of carbonyl (C=O) groups is 11. The summed E-state index contributed by atoms with van der Waals surface area (Å²) in [4.78, 5) is 159. The standard InChI is InChI=1S/C57H81ClN16O13/c1-31(2)25-41(49(80)69-40(11-7-22-64-56(60)61)55(86)74-24-8-12-46(74)54(85)66-32(3)47(59)78)70-48(79)39(10-6-23-65-57(62)87)68-51(82)43(27-35-15-19-38(77)20-16-35)72-53(84)45(30-75)73-52(83)44(28-36-9-5-21-63-29-36)71-50(81)42(67-33(4)76)26-34-13-17-37(58)18-14-34/h5,9,13-21,29,31-32,39-46,75,77H,6-8,10-12,22-28,30H2,1-4H3,(H2,59,78)(H,66,85)(H,67,76)(H,68,82)(H,69,80)(H,70,79)(H,71,81)(H,72,84)(H,73,83)(H4,60,61,64)(H3,62,65,87)/t32-,39-,40+,41+,42-,43+,44-,45+,46+/m1/s1. The zero-order valence-electron chi connectivity index (χ0n) is 49.0. The zero-order valence-corrected chi connectivity index (χ0v) is 49.8. The van der Waals surface area contributed by atoms with Crippen LogP contribution in [0.25, 0.3) is 0 Å². The number of primary amides is 2. The average Bonchev–Trinajstić information content (AvgIpc) is 4.24. The fourth-order valence-electron chi connectivity index (χ4n) is 9.31. The molecule has 3 aromatic rings. The molecule has 0 radical (unpaired) electrons. The molecule has 474 valence electrons. The van der Waals surface area contributed by atoms with Crippen molar-refractivity contribution in [2.75, 3.05) is 26.2 Å². The summed E-state index contributed by atoms with van der Waals surface area (Å²) in [6, 6.07) is 2.21. The number of phenolic OH excluding ortho intramolecular Hbond substituents is 1. The first-order chi connectivity index (χ1) is 41.2. The molecule has 2 aromatic carbocycles. The van der Waals surface area contributed by atoms with Gasteiger partial charge in [-0.2, -0.15) is 0 Å². The summed E-state index contributed by atoms with van der Waals surface area (Å²) in [7, 11) is 0. The minimum absolute atomic E-state index is 0.00397. The van der Waals surface area contributed by atoms with Crippen LogP contribution in [0.2, 0.25) is 5.02 Å². The Kier molecular flexibility index (Phi) is 28.6. The third kappa shape index (κ3) is 24.4. The van der Waals surface area contributed by atoms with E-state index in [1.807, 2.05) is 0 Å². The van der Waals surface area contributed by atoms with E-state index in [0.29, 0.717) is 28.1 Å². The number of amides is 12. The first kappa shape index (κ1) is 70.4. The Morgan fingerprint density at radius 3 is 1.69 bits per heavy atom. The molecule has 9 atom stereocenters. The molecule has 1 saturated heterocycles. The summed E-state index contributed by atoms with van der Waals surface area (Å²) >= 11 is 6.06. The van der Waals surface area contributed by atoms with Crippen molar-refractivity contribution in [2.24, 2.45) is 33.8 Å². The van der Waals surface area contributed by atoms with Crippen LogP contribution < -0.4 is 70.8 Å². The Balaban J connectivity index is 1.63. The second-order valence-electron chi connectivity index (χ2n) is 21.4. The minimum atomic E-state index is -1.78. The summed E-state index contributed by atoms with van der Waals surface area (Å²) in [6.07, 6.45) is 3.08. The molecule has 0 saturated carbocycles. The van der Waals surface area contributed by atoms with Gasteiger partial charge in [-0.1, -0.05) is 55.8 Å². The fourth-order valence-corrected chi connectivity index (χ4v) is 9.44. The number of nitrogens with zero attached hydrogens (tertiary/aromatic N) is 3. The normalized spacial score (nSPS) is 15.5. The number of hydrogen-bond donors (Lipinski definition) is 15. The van der Waals surface area contributed by atoms with E-state index in [-0.39, 0.29) is 95.0 Å². The van der Waals surface area contributed by atoms with Crippen molar-refractivity contribution in [1.29, 1.82) is 0 Å². The second-order valence-corrected chi connectivity index (χ2v) is 21.8. The Bertz CT molecular complexity index is 2880. The monoisotopic (exact) mass is 1230 g/mol. The van der Waals surface area contributed by atoms with Gasteiger partial charge in [-0.15, -0.1) is 0 Å². The molecule has 0 bridgehead atoms. The lowest BCUT2D eigenvalue weighted by Crippen LogP contribution is -2.61. The van der Waals surface area contributed by atoms with Gasteiger partial charge in [0.1, 0.15) is 60.1 Å². The van der Waals surface area contributed by atoms with Crippen molar-refractivity contribution in [3.05, 3.63) is 94.8 Å². The molecule has 0 aliphatic carbocycles. The Morgan fingerprint density at radius 1 is 0.644 bits per heavy atom. The number of urea groups is 1. The first-order valence-corrected chi connectivity index (χ1v) is 28.7. The molecule has 1 aliphatic rings. The molecule has 1 aliphatic heterocycles. The predicted molar refractivity (Wildman–Crippen MR) is 319 cm³/mol. The highest BCUT2D eigenvalue weighted by Gasteiger charge is 2.40. The maximum absolute atomic E-state index is 14.7. The number of guanidine groups is 1. The minimum Gasteiger partial charge on any atom is -0.508 e. The number of aromatic hydroxyl groups is 1. The molecule has 0 unspecified atom stereocenters. The molecule has 12 amide bonds. The lowest BCUT2D eigenvalue weighted by molar-refractivity contribution is -0.142. The molecule has 1 aromatic heterocycles. The van der Waals surface area contributed by atoms with Crippen LogP contribution in [-0.2, 0) is 67.2 Å². The number of aromatic nitrogens is 1. The number of aliphatic hydroxyl groups excluding tert-OH is 1. The van der Waals surface area contributed by atoms with Gasteiger partial charge in [-0.05, 0) is 105 Å². The van der Waals surface area contributed by atoms with Gasteiger partial charge in [0.15, 0.2) is 5.96 Å². The van der Waals surface area contributed by atoms with E-state index in [1.54, 1.807) is 50.2 Å². The number of pyridine rings is 1. The number of rotatable bonds is 34. The number of carbonyl (C=O) groups excluding carboxylic acids is 11. The highest BCUT2D eigenvalue weighted by atomic mass is 35.5. The maximum Gasteiger partial charge on any atom is 0.312 e. The van der Waals surface area contributed by atoms with Crippen LogP contribution in [0, 0.1) is 5.92 Å². The van der Waals surface area contributed by atoms with Gasteiger partial charge in [-0.3, -0.25) is 57.9 Å². The van der Waals surface area contributed by atoms with Crippen LogP contribution in [-0.4, -0.2) is 172 Å². The van der Waals surface area contributed by atoms with Gasteiger partial charge < -0.3 is 85.9 Å². The van der Waals surface area contributed by atoms with Crippen LogP contribution in [0.4, 0.5) is 4.79 Å². The van der Waals surface area contributed by atoms with Crippen LogP contribution in [0.15, 0.2) is 78.0 Å². The lowest BCUT2D eigenvalue weighted by atomic mass is 10.00. The van der Waals surface area contributed by atoms with Crippen molar-refractivity contribution in [3.8, 4) is 5.75 Å². The maximum atomic E-state index is 14.7. The van der Waals surface area contributed by atoms with Crippen LogP contribution in [0.5, 0.6) is 5.75 Å². The number of aliphatic hydroxyl groups is 1. The van der Waals surface area contributed by atoms with E-state index in [2.05, 4.69) is 57.8 Å². The van der Waals surface area contributed by atoms with Crippen molar-refractivity contribution in [1.82, 2.24) is 57.7 Å². The fraction of sp³-hybridized carbons (Fsp3) is 0.491. The first-order valence-electron chi connectivity index (χ1n) is 28.3. The molecule has 0 spiro atoms. The summed E-state index contributed by atoms with van der Waals surface area (Å²) < 4.78 is 0. The van der Waals surface area contributed by atoms with Gasteiger partial charge in [0.05, 0.1) is 6.61 Å². The molecule has 30 heteroatoms. The second kappa shape index (κ2) is 35.4. The van der Waals surface area contributed by atoms with Gasteiger partial charge in [0.2, 0.25) is 59.1 Å². The number of likely N-dealkylation sites (tertiary alicyclic amines) is 1. The van der Waals surface area contributed by atoms with E-state index in [4.69, 9.17) is 34.5 Å². The number of halogens is 1.